The molecule has 0 unspecified atom stereocenters. The number of aromatic amines is 2. The van der Waals surface area contributed by atoms with E-state index in [0.29, 0.717) is 39.0 Å². The Morgan fingerprint density at radius 3 is 2.50 bits per heavy atom. The second kappa shape index (κ2) is 14.3. The molecule has 1 aliphatic heterocycles. The van der Waals surface area contributed by atoms with E-state index in [9.17, 15) is 14.4 Å². The lowest BCUT2D eigenvalue weighted by Gasteiger charge is -2.32. The first-order valence-corrected chi connectivity index (χ1v) is 15.6. The minimum atomic E-state index is -0.587. The molecule has 1 fully saturated rings. The molecule has 0 bridgehead atoms. The zero-order valence-corrected chi connectivity index (χ0v) is 25.5. The van der Waals surface area contributed by atoms with Gasteiger partial charge in [-0.25, -0.2) is 15.1 Å². The predicted molar refractivity (Wildman–Crippen MR) is 176 cm³/mol. The molecule has 2 aromatic heterocycles. The fourth-order valence-electron chi connectivity index (χ4n) is 6.19. The van der Waals surface area contributed by atoms with E-state index < -0.39 is 5.91 Å². The van der Waals surface area contributed by atoms with Crippen LogP contribution in [-0.2, 0) is 22.5 Å². The molecule has 0 saturated carbocycles. The topological polar surface area (TPSA) is 136 Å². The highest BCUT2D eigenvalue weighted by atomic mass is 16.6. The van der Waals surface area contributed by atoms with Crippen LogP contribution in [0.1, 0.15) is 35.6 Å². The lowest BCUT2D eigenvalue weighted by Crippen LogP contribution is -2.41. The number of hydrogen-bond donors (Lipinski definition) is 4. The highest BCUT2D eigenvalue weighted by Crippen LogP contribution is 2.25. The molecule has 4 N–H and O–H groups in total. The number of para-hydroxylation sites is 3. The van der Waals surface area contributed by atoms with Gasteiger partial charge in [0.1, 0.15) is 6.61 Å². The van der Waals surface area contributed by atoms with Crippen molar-refractivity contribution in [2.24, 2.45) is 0 Å². The Kier molecular flexibility index (Phi) is 9.61. The van der Waals surface area contributed by atoms with Gasteiger partial charge in [0.25, 0.3) is 5.91 Å². The number of imidazole rings is 1. The van der Waals surface area contributed by atoms with Gasteiger partial charge in [-0.3, -0.25) is 19.5 Å². The average Bonchev–Trinajstić information content (AvgIpc) is 3.66. The molecule has 1 saturated heterocycles. The molecule has 0 aliphatic carbocycles. The van der Waals surface area contributed by atoms with Crippen molar-refractivity contribution in [1.82, 2.24) is 29.8 Å². The summed E-state index contributed by atoms with van der Waals surface area (Å²) in [6.45, 7) is 3.30. The van der Waals surface area contributed by atoms with E-state index in [0.717, 1.165) is 40.6 Å². The van der Waals surface area contributed by atoms with Crippen molar-refractivity contribution in [2.45, 2.75) is 31.8 Å². The van der Waals surface area contributed by atoms with Gasteiger partial charge >= 0.3 is 11.8 Å². The Bertz CT molecular complexity index is 1880. The second-order valence-electron chi connectivity index (χ2n) is 11.6. The first kappa shape index (κ1) is 30.9. The molecule has 5 aromatic rings. The first-order chi connectivity index (χ1) is 22.5. The molecule has 1 aliphatic rings. The quantitative estimate of drug-likeness (QED) is 0.0945. The van der Waals surface area contributed by atoms with Crippen molar-refractivity contribution < 1.29 is 19.5 Å². The van der Waals surface area contributed by atoms with Crippen molar-refractivity contribution in [3.05, 3.63) is 112 Å². The first-order valence-electron chi connectivity index (χ1n) is 15.6. The van der Waals surface area contributed by atoms with Crippen molar-refractivity contribution in [3.63, 3.8) is 0 Å². The molecule has 0 atom stereocenters. The summed E-state index contributed by atoms with van der Waals surface area (Å²) in [6, 6.07) is 23.8. The monoisotopic (exact) mass is 622 g/mol. The number of fused-ring (bicyclic) bond motifs is 2. The Morgan fingerprint density at radius 1 is 0.978 bits per heavy atom. The zero-order chi connectivity index (χ0) is 31.9. The number of piperidine rings is 1. The lowest BCUT2D eigenvalue weighted by molar-refractivity contribution is -0.124. The van der Waals surface area contributed by atoms with Crippen molar-refractivity contribution in [1.29, 1.82) is 0 Å². The molecular formula is C35H38N6O5. The Morgan fingerprint density at radius 2 is 1.72 bits per heavy atom. The standard InChI is InChI=1S/C35H38N6O5/c42-33(38-45)14-13-25-9-11-26(12-10-25)24-39(18-15-27-23-36-30-6-2-1-5-29(27)30)21-22-46-35(44)40-19-16-28(17-20-40)41-32-8-4-3-7-31(32)37-34(41)43/h1-14,23,28,36,45H,15-22,24H2,(H,37,43)(H,38,42). The minimum Gasteiger partial charge on any atom is -0.448 e. The number of nitrogens with one attached hydrogen (secondary N) is 3. The predicted octanol–water partition coefficient (Wildman–Crippen LogP) is 4.85. The van der Waals surface area contributed by atoms with Crippen LogP contribution in [0.4, 0.5) is 4.79 Å². The molecule has 2 amide bonds. The maximum Gasteiger partial charge on any atom is 0.409 e. The van der Waals surface area contributed by atoms with E-state index in [-0.39, 0.29) is 24.4 Å². The van der Waals surface area contributed by atoms with E-state index in [2.05, 4.69) is 33.2 Å². The van der Waals surface area contributed by atoms with Gasteiger partial charge in [0, 0.05) is 61.9 Å². The highest BCUT2D eigenvalue weighted by molar-refractivity contribution is 5.90. The summed E-state index contributed by atoms with van der Waals surface area (Å²) in [4.78, 5) is 47.2. The lowest BCUT2D eigenvalue weighted by atomic mass is 10.0. The third-order valence-corrected chi connectivity index (χ3v) is 8.64. The van der Waals surface area contributed by atoms with Crippen LogP contribution < -0.4 is 11.2 Å². The maximum absolute atomic E-state index is 13.0. The molecule has 238 valence electrons. The van der Waals surface area contributed by atoms with Gasteiger partial charge in [0.2, 0.25) is 0 Å². The number of benzene rings is 3. The van der Waals surface area contributed by atoms with E-state index in [1.54, 1.807) is 16.5 Å². The summed E-state index contributed by atoms with van der Waals surface area (Å²) in [5, 5.41) is 9.90. The molecule has 11 nitrogen and oxygen atoms in total. The number of rotatable bonds is 11. The van der Waals surface area contributed by atoms with Gasteiger partial charge in [-0.15, -0.1) is 0 Å². The fraction of sp³-hybridized carbons (Fsp3) is 0.286. The number of hydroxylamine groups is 1. The number of H-pyrrole nitrogens is 2. The van der Waals surface area contributed by atoms with Crippen LogP contribution in [0, 0.1) is 0 Å². The normalized spacial score (nSPS) is 14.1. The number of carbonyl (C=O) groups is 2. The van der Waals surface area contributed by atoms with E-state index in [1.807, 2.05) is 65.2 Å². The molecule has 3 heterocycles. The Balaban J connectivity index is 1.05. The maximum atomic E-state index is 13.0. The summed E-state index contributed by atoms with van der Waals surface area (Å²) in [7, 11) is 0. The Labute approximate surface area is 266 Å². The van der Waals surface area contributed by atoms with E-state index >= 15 is 0 Å². The van der Waals surface area contributed by atoms with Crippen LogP contribution in [-0.4, -0.2) is 74.3 Å². The van der Waals surface area contributed by atoms with Crippen LogP contribution in [0.25, 0.3) is 28.0 Å². The number of carbonyl (C=O) groups excluding carboxylic acids is 2. The summed E-state index contributed by atoms with van der Waals surface area (Å²) >= 11 is 0. The summed E-state index contributed by atoms with van der Waals surface area (Å²) in [5.74, 6) is -0.587. The third-order valence-electron chi connectivity index (χ3n) is 8.64. The number of amides is 2. The summed E-state index contributed by atoms with van der Waals surface area (Å²) in [6.07, 6.45) is 6.82. The molecule has 0 spiro atoms. The second-order valence-corrected chi connectivity index (χ2v) is 11.6. The van der Waals surface area contributed by atoms with Crippen molar-refractivity contribution >= 4 is 40.0 Å². The van der Waals surface area contributed by atoms with Gasteiger partial charge in [-0.05, 0) is 60.2 Å². The number of nitrogens with zero attached hydrogens (tertiary/aromatic N) is 3. The molecule has 6 rings (SSSR count). The fourth-order valence-corrected chi connectivity index (χ4v) is 6.19. The smallest absolute Gasteiger partial charge is 0.409 e. The van der Waals surface area contributed by atoms with Gasteiger partial charge in [-0.2, -0.15) is 0 Å². The molecule has 3 aromatic carbocycles. The number of ether oxygens (including phenoxy) is 1. The minimum absolute atomic E-state index is 0.0291. The number of aromatic nitrogens is 3. The summed E-state index contributed by atoms with van der Waals surface area (Å²) < 4.78 is 7.58. The number of likely N-dealkylation sites (tertiary alicyclic amines) is 1. The zero-order valence-electron chi connectivity index (χ0n) is 25.5. The molecule has 46 heavy (non-hydrogen) atoms. The van der Waals surface area contributed by atoms with Gasteiger partial charge in [0.05, 0.1) is 11.0 Å². The van der Waals surface area contributed by atoms with Gasteiger partial charge in [0.15, 0.2) is 0 Å². The van der Waals surface area contributed by atoms with Crippen LogP contribution in [0.15, 0.2) is 89.9 Å². The van der Waals surface area contributed by atoms with Gasteiger partial charge in [-0.1, -0.05) is 54.6 Å². The molecular weight excluding hydrogens is 584 g/mol. The number of hydrogen-bond acceptors (Lipinski definition) is 6. The van der Waals surface area contributed by atoms with Crippen molar-refractivity contribution in [2.75, 3.05) is 32.8 Å². The Hall–Kier alpha value is -5.13. The molecule has 11 heteroatoms. The van der Waals surface area contributed by atoms with Crippen LogP contribution in [0.2, 0.25) is 0 Å². The average molecular weight is 623 g/mol. The van der Waals surface area contributed by atoms with Crippen LogP contribution >= 0.6 is 0 Å². The van der Waals surface area contributed by atoms with Crippen LogP contribution in [0.5, 0.6) is 0 Å². The van der Waals surface area contributed by atoms with E-state index in [1.165, 1.54) is 17.0 Å². The molecule has 0 radical (unpaired) electrons. The third kappa shape index (κ3) is 7.22. The highest BCUT2D eigenvalue weighted by Gasteiger charge is 2.27. The van der Waals surface area contributed by atoms with E-state index in [4.69, 9.17) is 9.94 Å². The van der Waals surface area contributed by atoms with Gasteiger partial charge < -0.3 is 19.6 Å². The SMILES string of the molecule is O=C(C=Cc1ccc(CN(CCOC(=O)N2CCC(n3c(=O)[nH]c4ccccc43)CC2)CCc2c[nH]c3ccccc23)cc1)NO. The van der Waals surface area contributed by atoms with Crippen molar-refractivity contribution in [3.8, 4) is 0 Å². The summed E-state index contributed by atoms with van der Waals surface area (Å²) in [5.41, 5.74) is 7.45. The largest absolute Gasteiger partial charge is 0.448 e. The van der Waals surface area contributed by atoms with Crippen LogP contribution in [0.3, 0.4) is 0 Å².